The SMILES string of the molecule is CC#Cc1ccc(-c2ccc(/C=C/C(=O)Oc3ccc(O)cc3)cc2)c(F)c1. The molecule has 0 unspecified atom stereocenters. The van der Waals surface area contributed by atoms with Crippen molar-refractivity contribution in [3.05, 3.63) is 89.8 Å². The zero-order chi connectivity index (χ0) is 19.9. The van der Waals surface area contributed by atoms with Gasteiger partial charge in [0, 0.05) is 17.2 Å². The van der Waals surface area contributed by atoms with Crippen molar-refractivity contribution in [2.24, 2.45) is 0 Å². The van der Waals surface area contributed by atoms with Crippen LogP contribution in [0.15, 0.2) is 72.8 Å². The van der Waals surface area contributed by atoms with Crippen LogP contribution in [0.25, 0.3) is 17.2 Å². The van der Waals surface area contributed by atoms with Crippen LogP contribution in [0.2, 0.25) is 0 Å². The fourth-order valence-electron chi connectivity index (χ4n) is 2.57. The van der Waals surface area contributed by atoms with Gasteiger partial charge in [0.15, 0.2) is 0 Å². The van der Waals surface area contributed by atoms with Crippen LogP contribution in [0.4, 0.5) is 4.39 Å². The third-order valence-corrected chi connectivity index (χ3v) is 3.93. The molecule has 3 aromatic rings. The Morgan fingerprint density at radius 1 is 1.04 bits per heavy atom. The lowest BCUT2D eigenvalue weighted by molar-refractivity contribution is -0.128. The van der Waals surface area contributed by atoms with Gasteiger partial charge in [-0.3, -0.25) is 0 Å². The normalized spacial score (nSPS) is 10.4. The van der Waals surface area contributed by atoms with Crippen molar-refractivity contribution in [2.75, 3.05) is 0 Å². The van der Waals surface area contributed by atoms with E-state index >= 15 is 0 Å². The molecule has 0 aliphatic carbocycles. The largest absolute Gasteiger partial charge is 0.508 e. The summed E-state index contributed by atoms with van der Waals surface area (Å²) >= 11 is 0. The topological polar surface area (TPSA) is 46.5 Å². The number of aromatic hydroxyl groups is 1. The van der Waals surface area contributed by atoms with E-state index < -0.39 is 5.97 Å². The molecule has 0 saturated carbocycles. The second kappa shape index (κ2) is 8.70. The van der Waals surface area contributed by atoms with Crippen LogP contribution >= 0.6 is 0 Å². The smallest absolute Gasteiger partial charge is 0.336 e. The first kappa shape index (κ1) is 18.9. The van der Waals surface area contributed by atoms with Gasteiger partial charge in [0.05, 0.1) is 0 Å². The zero-order valence-corrected chi connectivity index (χ0v) is 15.1. The number of carbonyl (C=O) groups is 1. The lowest BCUT2D eigenvalue weighted by Gasteiger charge is -2.05. The number of carbonyl (C=O) groups excluding carboxylic acids is 1. The summed E-state index contributed by atoms with van der Waals surface area (Å²) in [6, 6.07) is 17.9. The predicted octanol–water partition coefficient (Wildman–Crippen LogP) is 5.19. The van der Waals surface area contributed by atoms with E-state index in [0.717, 1.165) is 11.1 Å². The maximum absolute atomic E-state index is 14.3. The van der Waals surface area contributed by atoms with Crippen molar-refractivity contribution in [3.63, 3.8) is 0 Å². The van der Waals surface area contributed by atoms with Gasteiger partial charge < -0.3 is 9.84 Å². The molecule has 28 heavy (non-hydrogen) atoms. The summed E-state index contributed by atoms with van der Waals surface area (Å²) in [5.41, 5.74) is 2.64. The van der Waals surface area contributed by atoms with E-state index in [1.807, 2.05) is 0 Å². The van der Waals surface area contributed by atoms with E-state index in [-0.39, 0.29) is 11.6 Å². The molecule has 0 aromatic heterocycles. The van der Waals surface area contributed by atoms with Crippen molar-refractivity contribution in [2.45, 2.75) is 6.92 Å². The summed E-state index contributed by atoms with van der Waals surface area (Å²) in [6.07, 6.45) is 2.92. The highest BCUT2D eigenvalue weighted by Gasteiger charge is 2.06. The van der Waals surface area contributed by atoms with Crippen molar-refractivity contribution < 1.29 is 19.0 Å². The van der Waals surface area contributed by atoms with E-state index in [0.29, 0.717) is 16.9 Å². The summed E-state index contributed by atoms with van der Waals surface area (Å²) in [7, 11) is 0. The van der Waals surface area contributed by atoms with E-state index in [9.17, 15) is 14.3 Å². The molecule has 3 aromatic carbocycles. The lowest BCUT2D eigenvalue weighted by atomic mass is 10.0. The Balaban J connectivity index is 1.68. The molecule has 0 bridgehead atoms. The van der Waals surface area contributed by atoms with Gasteiger partial charge in [0.1, 0.15) is 17.3 Å². The Hall–Kier alpha value is -3.84. The molecule has 3 rings (SSSR count). The number of phenols is 1. The van der Waals surface area contributed by atoms with Gasteiger partial charge in [0.2, 0.25) is 0 Å². The molecular weight excluding hydrogens is 355 g/mol. The monoisotopic (exact) mass is 372 g/mol. The summed E-state index contributed by atoms with van der Waals surface area (Å²) in [4.78, 5) is 11.9. The molecule has 138 valence electrons. The maximum atomic E-state index is 14.3. The first-order chi connectivity index (χ1) is 13.5. The fraction of sp³-hybridized carbons (Fsp3) is 0.0417. The third-order valence-electron chi connectivity index (χ3n) is 3.93. The number of rotatable bonds is 4. The summed E-state index contributed by atoms with van der Waals surface area (Å²) < 4.78 is 19.4. The Morgan fingerprint density at radius 3 is 2.39 bits per heavy atom. The van der Waals surface area contributed by atoms with Gasteiger partial charge in [-0.25, -0.2) is 9.18 Å². The third kappa shape index (κ3) is 4.87. The minimum atomic E-state index is -0.534. The Kier molecular flexibility index (Phi) is 5.88. The number of halogens is 1. The highest BCUT2D eigenvalue weighted by Crippen LogP contribution is 2.24. The minimum absolute atomic E-state index is 0.0970. The Bertz CT molecular complexity index is 1070. The molecule has 0 atom stereocenters. The number of hydrogen-bond donors (Lipinski definition) is 1. The van der Waals surface area contributed by atoms with Crippen LogP contribution in [-0.2, 0) is 4.79 Å². The highest BCUT2D eigenvalue weighted by molar-refractivity contribution is 5.88. The van der Waals surface area contributed by atoms with Crippen molar-refractivity contribution in [1.82, 2.24) is 0 Å². The number of esters is 1. The van der Waals surface area contributed by atoms with E-state index in [4.69, 9.17) is 4.74 Å². The molecule has 0 fully saturated rings. The maximum Gasteiger partial charge on any atom is 0.336 e. The second-order valence-electron chi connectivity index (χ2n) is 5.94. The summed E-state index contributed by atoms with van der Waals surface area (Å²) in [6.45, 7) is 1.71. The molecule has 0 radical (unpaired) electrons. The average molecular weight is 372 g/mol. The van der Waals surface area contributed by atoms with E-state index in [1.54, 1.807) is 49.4 Å². The van der Waals surface area contributed by atoms with Crippen molar-refractivity contribution >= 4 is 12.0 Å². The quantitative estimate of drug-likeness (QED) is 0.297. The molecular formula is C24H17FO3. The number of benzene rings is 3. The van der Waals surface area contributed by atoms with Crippen LogP contribution in [0.3, 0.4) is 0 Å². The van der Waals surface area contributed by atoms with Crippen molar-refractivity contribution in [1.29, 1.82) is 0 Å². The van der Waals surface area contributed by atoms with Gasteiger partial charge in [0.25, 0.3) is 0 Å². The van der Waals surface area contributed by atoms with Gasteiger partial charge in [-0.1, -0.05) is 36.3 Å². The molecule has 3 nitrogen and oxygen atoms in total. The molecule has 0 spiro atoms. The Labute approximate surface area is 162 Å². The number of ether oxygens (including phenoxy) is 1. The molecule has 0 aliphatic heterocycles. The molecule has 0 heterocycles. The Morgan fingerprint density at radius 2 is 1.75 bits per heavy atom. The van der Waals surface area contributed by atoms with Crippen molar-refractivity contribution in [3.8, 4) is 34.5 Å². The molecule has 0 aliphatic rings. The molecule has 0 amide bonds. The van der Waals surface area contributed by atoms with Gasteiger partial charge in [-0.2, -0.15) is 0 Å². The minimum Gasteiger partial charge on any atom is -0.508 e. The van der Waals surface area contributed by atoms with Gasteiger partial charge >= 0.3 is 5.97 Å². The molecule has 1 N–H and O–H groups in total. The standard InChI is InChI=1S/C24H17FO3/c1-2-3-18-6-14-22(23(25)16-18)19-8-4-17(5-9-19)7-15-24(27)28-21-12-10-20(26)11-13-21/h4-16,26H,1H3/b15-7+. The van der Waals surface area contributed by atoms with E-state index in [1.165, 1.54) is 36.4 Å². The van der Waals surface area contributed by atoms with Crippen LogP contribution in [-0.4, -0.2) is 11.1 Å². The van der Waals surface area contributed by atoms with Crippen LogP contribution in [0.1, 0.15) is 18.1 Å². The number of phenolic OH excluding ortho intramolecular Hbond substituents is 1. The van der Waals surface area contributed by atoms with Crippen LogP contribution in [0, 0.1) is 17.7 Å². The number of hydrogen-bond acceptors (Lipinski definition) is 3. The van der Waals surface area contributed by atoms with Gasteiger partial charge in [-0.15, -0.1) is 5.92 Å². The zero-order valence-electron chi connectivity index (χ0n) is 15.1. The average Bonchev–Trinajstić information content (AvgIpc) is 2.69. The molecule has 0 saturated heterocycles. The highest BCUT2D eigenvalue weighted by atomic mass is 19.1. The summed E-state index contributed by atoms with van der Waals surface area (Å²) in [5, 5.41) is 9.22. The fourth-order valence-corrected chi connectivity index (χ4v) is 2.57. The first-order valence-electron chi connectivity index (χ1n) is 8.57. The van der Waals surface area contributed by atoms with E-state index in [2.05, 4.69) is 11.8 Å². The van der Waals surface area contributed by atoms with Crippen LogP contribution in [0.5, 0.6) is 11.5 Å². The van der Waals surface area contributed by atoms with Crippen LogP contribution < -0.4 is 4.74 Å². The molecule has 4 heteroatoms. The van der Waals surface area contributed by atoms with Gasteiger partial charge in [-0.05, 0) is 60.5 Å². The first-order valence-corrected chi connectivity index (χ1v) is 8.57. The lowest BCUT2D eigenvalue weighted by Crippen LogP contribution is -2.03. The second-order valence-corrected chi connectivity index (χ2v) is 5.94. The summed E-state index contributed by atoms with van der Waals surface area (Å²) in [5.74, 6) is 5.15. The predicted molar refractivity (Wildman–Crippen MR) is 107 cm³/mol.